The quantitative estimate of drug-likeness (QED) is 0.437. The maximum Gasteiger partial charge on any atom is 0.481 e. The average Bonchev–Trinajstić information content (AvgIpc) is 2.87. The summed E-state index contributed by atoms with van der Waals surface area (Å²) in [6.45, 7) is 11.6. The summed E-state index contributed by atoms with van der Waals surface area (Å²) in [4.78, 5) is 37.8. The van der Waals surface area contributed by atoms with Gasteiger partial charge in [0, 0.05) is 13.1 Å². The molecule has 2 N–H and O–H groups in total. The van der Waals surface area contributed by atoms with E-state index in [4.69, 9.17) is 14.0 Å². The first-order valence-electron chi connectivity index (χ1n) is 9.82. The van der Waals surface area contributed by atoms with Gasteiger partial charge in [0.05, 0.1) is 36.8 Å². The molecule has 28 heavy (non-hydrogen) atoms. The van der Waals surface area contributed by atoms with Gasteiger partial charge in [0.1, 0.15) is 6.04 Å². The highest BCUT2D eigenvalue weighted by molar-refractivity contribution is 6.48. The number of morpholine rings is 1. The van der Waals surface area contributed by atoms with Crippen LogP contribution in [0.4, 0.5) is 0 Å². The van der Waals surface area contributed by atoms with Crippen LogP contribution in [0.2, 0.25) is 0 Å². The number of hydrogen-bond acceptors (Lipinski definition) is 6. The molecule has 2 heterocycles. The monoisotopic (exact) mass is 397 g/mol. The van der Waals surface area contributed by atoms with Crippen LogP contribution >= 0.6 is 0 Å². The number of carbonyl (C=O) groups is 3. The molecule has 10 heteroatoms. The maximum atomic E-state index is 12.8. The lowest BCUT2D eigenvalue weighted by Crippen LogP contribution is -2.54. The van der Waals surface area contributed by atoms with E-state index in [0.29, 0.717) is 39.1 Å². The molecule has 0 spiro atoms. The second kappa shape index (κ2) is 9.24. The Morgan fingerprint density at radius 3 is 2.21 bits per heavy atom. The van der Waals surface area contributed by atoms with E-state index in [1.165, 1.54) is 0 Å². The average molecular weight is 397 g/mol. The predicted octanol–water partition coefficient (Wildman–Crippen LogP) is -0.124. The molecule has 0 aromatic carbocycles. The summed E-state index contributed by atoms with van der Waals surface area (Å²) in [5.41, 5.74) is -1.02. The van der Waals surface area contributed by atoms with Crippen molar-refractivity contribution in [1.29, 1.82) is 0 Å². The highest BCUT2D eigenvalue weighted by Crippen LogP contribution is 2.37. The fourth-order valence-corrected chi connectivity index (χ4v) is 3.12. The Morgan fingerprint density at radius 2 is 1.71 bits per heavy atom. The standard InChI is InChI=1S/C18H32BN3O6/c1-6-14(19-27-17(2,3)18(4,5)28-19)21-16(25)13(20-12-23)11-15(24)22-7-9-26-10-8-22/h12-14H,6-11H2,1-5H3,(H,20,23)(H,21,25). The summed E-state index contributed by atoms with van der Waals surface area (Å²) < 4.78 is 17.3. The second-order valence-corrected chi connectivity index (χ2v) is 8.18. The third kappa shape index (κ3) is 5.24. The summed E-state index contributed by atoms with van der Waals surface area (Å²) in [6, 6.07) is -0.954. The zero-order valence-electron chi connectivity index (χ0n) is 17.4. The van der Waals surface area contributed by atoms with Crippen molar-refractivity contribution in [1.82, 2.24) is 15.5 Å². The maximum absolute atomic E-state index is 12.8. The minimum Gasteiger partial charge on any atom is -0.402 e. The fourth-order valence-electron chi connectivity index (χ4n) is 3.12. The number of carbonyl (C=O) groups excluding carboxylic acids is 3. The zero-order valence-corrected chi connectivity index (χ0v) is 17.4. The lowest BCUT2D eigenvalue weighted by atomic mass is 9.76. The first-order valence-corrected chi connectivity index (χ1v) is 9.82. The summed E-state index contributed by atoms with van der Waals surface area (Å²) >= 11 is 0. The summed E-state index contributed by atoms with van der Waals surface area (Å²) in [7, 11) is -0.606. The van der Waals surface area contributed by atoms with E-state index in [-0.39, 0.29) is 12.3 Å². The molecule has 9 nitrogen and oxygen atoms in total. The van der Waals surface area contributed by atoms with Gasteiger partial charge in [-0.05, 0) is 34.1 Å². The van der Waals surface area contributed by atoms with Gasteiger partial charge in [-0.1, -0.05) is 6.92 Å². The van der Waals surface area contributed by atoms with Gasteiger partial charge in [-0.25, -0.2) is 0 Å². The van der Waals surface area contributed by atoms with Crippen LogP contribution in [-0.4, -0.2) is 79.7 Å². The zero-order chi connectivity index (χ0) is 20.9. The minimum atomic E-state index is -0.954. The van der Waals surface area contributed by atoms with Gasteiger partial charge in [-0.15, -0.1) is 0 Å². The molecule has 2 aliphatic heterocycles. The molecule has 2 rings (SSSR count). The first-order chi connectivity index (χ1) is 13.1. The van der Waals surface area contributed by atoms with Crippen LogP contribution in [0.5, 0.6) is 0 Å². The molecule has 0 aliphatic carbocycles. The van der Waals surface area contributed by atoms with Crippen molar-refractivity contribution in [3.05, 3.63) is 0 Å². The van der Waals surface area contributed by atoms with Crippen molar-refractivity contribution >= 4 is 25.3 Å². The number of rotatable bonds is 8. The second-order valence-electron chi connectivity index (χ2n) is 8.18. The number of nitrogens with zero attached hydrogens (tertiary/aromatic N) is 1. The van der Waals surface area contributed by atoms with E-state index < -0.39 is 36.2 Å². The third-order valence-corrected chi connectivity index (χ3v) is 5.70. The van der Waals surface area contributed by atoms with Crippen LogP contribution in [0, 0.1) is 0 Å². The Kier molecular flexibility index (Phi) is 7.47. The van der Waals surface area contributed by atoms with Gasteiger partial charge in [0.15, 0.2) is 0 Å². The molecule has 3 amide bonds. The van der Waals surface area contributed by atoms with Crippen LogP contribution in [0.15, 0.2) is 0 Å². The van der Waals surface area contributed by atoms with Gasteiger partial charge in [-0.3, -0.25) is 14.4 Å². The van der Waals surface area contributed by atoms with Gasteiger partial charge in [0.2, 0.25) is 18.2 Å². The lowest BCUT2D eigenvalue weighted by molar-refractivity contribution is -0.138. The number of hydrogen-bond donors (Lipinski definition) is 2. The van der Waals surface area contributed by atoms with E-state index in [1.807, 2.05) is 34.6 Å². The number of amides is 3. The minimum absolute atomic E-state index is 0.107. The molecule has 2 atom stereocenters. The molecule has 0 aromatic heterocycles. The van der Waals surface area contributed by atoms with E-state index in [2.05, 4.69) is 10.6 Å². The molecule has 0 aromatic rings. The summed E-state index contributed by atoms with van der Waals surface area (Å²) in [6.07, 6.45) is 0.907. The highest BCUT2D eigenvalue weighted by Gasteiger charge is 2.53. The van der Waals surface area contributed by atoms with Gasteiger partial charge < -0.3 is 29.6 Å². The van der Waals surface area contributed by atoms with E-state index >= 15 is 0 Å². The fraction of sp³-hybridized carbons (Fsp3) is 0.833. The Balaban J connectivity index is 1.99. The molecular formula is C18H32BN3O6. The van der Waals surface area contributed by atoms with Crippen LogP contribution in [0.1, 0.15) is 47.5 Å². The molecule has 2 fully saturated rings. The van der Waals surface area contributed by atoms with Crippen molar-refractivity contribution in [3.63, 3.8) is 0 Å². The van der Waals surface area contributed by atoms with E-state index in [9.17, 15) is 14.4 Å². The molecule has 158 valence electrons. The smallest absolute Gasteiger partial charge is 0.402 e. The first kappa shape index (κ1) is 22.6. The Bertz CT molecular complexity index is 564. The Morgan fingerprint density at radius 1 is 1.14 bits per heavy atom. The predicted molar refractivity (Wildman–Crippen MR) is 103 cm³/mol. The SMILES string of the molecule is CCC(NC(=O)C(CC(=O)N1CCOCC1)NC=O)B1OC(C)(C)C(C)(C)O1. The van der Waals surface area contributed by atoms with Crippen LogP contribution < -0.4 is 10.6 Å². The van der Waals surface area contributed by atoms with Crippen molar-refractivity contribution < 1.29 is 28.4 Å². The summed E-state index contributed by atoms with van der Waals surface area (Å²) in [5.74, 6) is -1.03. The van der Waals surface area contributed by atoms with Crippen LogP contribution in [-0.2, 0) is 28.4 Å². The van der Waals surface area contributed by atoms with Crippen molar-refractivity contribution in [2.45, 2.75) is 70.6 Å². The third-order valence-electron chi connectivity index (χ3n) is 5.70. The molecular weight excluding hydrogens is 365 g/mol. The topological polar surface area (TPSA) is 106 Å². The summed E-state index contributed by atoms with van der Waals surface area (Å²) in [5, 5.41) is 5.32. The number of ether oxygens (including phenoxy) is 1. The molecule has 0 saturated carbocycles. The van der Waals surface area contributed by atoms with E-state index in [0.717, 1.165) is 0 Å². The lowest BCUT2D eigenvalue weighted by Gasteiger charge is -2.32. The molecule has 2 saturated heterocycles. The van der Waals surface area contributed by atoms with E-state index in [1.54, 1.807) is 4.90 Å². The van der Waals surface area contributed by atoms with Crippen LogP contribution in [0.3, 0.4) is 0 Å². The Hall–Kier alpha value is -1.65. The molecule has 0 radical (unpaired) electrons. The largest absolute Gasteiger partial charge is 0.481 e. The normalized spacial score (nSPS) is 23.0. The molecule has 2 unspecified atom stereocenters. The van der Waals surface area contributed by atoms with Crippen molar-refractivity contribution in [2.24, 2.45) is 0 Å². The van der Waals surface area contributed by atoms with Crippen molar-refractivity contribution in [3.8, 4) is 0 Å². The van der Waals surface area contributed by atoms with Crippen LogP contribution in [0.25, 0.3) is 0 Å². The Labute approximate surface area is 167 Å². The van der Waals surface area contributed by atoms with Crippen molar-refractivity contribution in [2.75, 3.05) is 26.3 Å². The van der Waals surface area contributed by atoms with Gasteiger partial charge >= 0.3 is 7.12 Å². The number of nitrogens with one attached hydrogen (secondary N) is 2. The highest BCUT2D eigenvalue weighted by atomic mass is 16.7. The van der Waals surface area contributed by atoms with Gasteiger partial charge in [0.25, 0.3) is 0 Å². The van der Waals surface area contributed by atoms with Gasteiger partial charge in [-0.2, -0.15) is 0 Å². The molecule has 0 bridgehead atoms. The molecule has 2 aliphatic rings.